The predicted octanol–water partition coefficient (Wildman–Crippen LogP) is 0.202. The quantitative estimate of drug-likeness (QED) is 0.595. The molecule has 2 amide bonds. The Kier molecular flexibility index (Phi) is 7.31. The van der Waals surface area contributed by atoms with Crippen molar-refractivity contribution in [1.82, 2.24) is 15.5 Å². The van der Waals surface area contributed by atoms with Crippen molar-refractivity contribution in [1.29, 1.82) is 0 Å². The van der Waals surface area contributed by atoms with Crippen molar-refractivity contribution in [3.8, 4) is 0 Å². The molecule has 0 bridgehead atoms. The van der Waals surface area contributed by atoms with Crippen molar-refractivity contribution >= 4 is 17.8 Å². The number of likely N-dealkylation sites (N-methyl/N-ethyl adjacent to an activating group) is 1. The van der Waals surface area contributed by atoms with E-state index in [1.807, 2.05) is 20.8 Å². The van der Waals surface area contributed by atoms with Crippen LogP contribution in [0.3, 0.4) is 0 Å². The second-order valence-electron chi connectivity index (χ2n) is 5.97. The minimum atomic E-state index is -1.10. The Morgan fingerprint density at radius 1 is 1.18 bits per heavy atom. The Hall–Kier alpha value is -1.63. The summed E-state index contributed by atoms with van der Waals surface area (Å²) < 4.78 is 0. The van der Waals surface area contributed by atoms with E-state index in [1.54, 1.807) is 4.90 Å². The maximum Gasteiger partial charge on any atom is 0.305 e. The van der Waals surface area contributed by atoms with Crippen molar-refractivity contribution in [2.24, 2.45) is 5.92 Å². The van der Waals surface area contributed by atoms with E-state index in [0.717, 1.165) is 12.8 Å². The average Bonchev–Trinajstić information content (AvgIpc) is 2.96. The molecule has 1 fully saturated rings. The van der Waals surface area contributed by atoms with E-state index >= 15 is 0 Å². The summed E-state index contributed by atoms with van der Waals surface area (Å²) in [6.45, 7) is 7.59. The van der Waals surface area contributed by atoms with Crippen LogP contribution in [0.2, 0.25) is 0 Å². The zero-order valence-electron chi connectivity index (χ0n) is 13.6. The van der Waals surface area contributed by atoms with E-state index in [-0.39, 0.29) is 17.7 Å². The van der Waals surface area contributed by atoms with Gasteiger partial charge in [0.2, 0.25) is 11.8 Å². The molecule has 0 aromatic rings. The Morgan fingerprint density at radius 3 is 2.23 bits per heavy atom. The fraction of sp³-hybridized carbons (Fsp3) is 0.800. The van der Waals surface area contributed by atoms with Crippen molar-refractivity contribution in [2.45, 2.75) is 52.1 Å². The monoisotopic (exact) mass is 313 g/mol. The first kappa shape index (κ1) is 18.4. The lowest BCUT2D eigenvalue weighted by Crippen LogP contribution is -2.55. The molecule has 1 heterocycles. The first-order chi connectivity index (χ1) is 10.4. The number of rotatable bonds is 8. The molecule has 7 nitrogen and oxygen atoms in total. The number of amides is 2. The summed E-state index contributed by atoms with van der Waals surface area (Å²) >= 11 is 0. The summed E-state index contributed by atoms with van der Waals surface area (Å²) in [5, 5.41) is 14.7. The van der Waals surface area contributed by atoms with Crippen molar-refractivity contribution in [3.05, 3.63) is 0 Å². The van der Waals surface area contributed by atoms with Crippen LogP contribution in [0.4, 0.5) is 0 Å². The molecule has 0 saturated carbocycles. The number of hydrogen-bond acceptors (Lipinski definition) is 4. The first-order valence-electron chi connectivity index (χ1n) is 7.91. The van der Waals surface area contributed by atoms with E-state index in [0.29, 0.717) is 19.6 Å². The van der Waals surface area contributed by atoms with Crippen LogP contribution >= 0.6 is 0 Å². The van der Waals surface area contributed by atoms with E-state index < -0.39 is 24.5 Å². The van der Waals surface area contributed by atoms with Gasteiger partial charge in [-0.15, -0.1) is 0 Å². The molecule has 1 aliphatic rings. The van der Waals surface area contributed by atoms with E-state index in [2.05, 4.69) is 10.6 Å². The van der Waals surface area contributed by atoms with E-state index in [1.165, 1.54) is 0 Å². The topological polar surface area (TPSA) is 98.7 Å². The van der Waals surface area contributed by atoms with Gasteiger partial charge in [-0.3, -0.25) is 14.4 Å². The Balaban J connectivity index is 2.76. The minimum Gasteiger partial charge on any atom is -0.481 e. The average molecular weight is 313 g/mol. The minimum absolute atomic E-state index is 0.0484. The highest BCUT2D eigenvalue weighted by Gasteiger charge is 2.32. The third kappa shape index (κ3) is 5.29. The van der Waals surface area contributed by atoms with Gasteiger partial charge in [0.25, 0.3) is 0 Å². The van der Waals surface area contributed by atoms with Crippen molar-refractivity contribution in [2.75, 3.05) is 19.6 Å². The van der Waals surface area contributed by atoms with Gasteiger partial charge < -0.3 is 20.6 Å². The van der Waals surface area contributed by atoms with Crippen LogP contribution in [0.25, 0.3) is 0 Å². The highest BCUT2D eigenvalue weighted by Crippen LogP contribution is 2.11. The summed E-state index contributed by atoms with van der Waals surface area (Å²) in [5.41, 5.74) is 0. The van der Waals surface area contributed by atoms with Crippen LogP contribution < -0.4 is 10.6 Å². The molecule has 7 heteroatoms. The van der Waals surface area contributed by atoms with Crippen LogP contribution in [-0.2, 0) is 14.4 Å². The second kappa shape index (κ2) is 8.73. The number of carbonyl (C=O) groups excluding carboxylic acids is 2. The lowest BCUT2D eigenvalue weighted by Gasteiger charge is -2.26. The molecule has 2 atom stereocenters. The fourth-order valence-electron chi connectivity index (χ4n) is 2.65. The van der Waals surface area contributed by atoms with Gasteiger partial charge in [-0.1, -0.05) is 20.8 Å². The number of nitrogens with one attached hydrogen (secondary N) is 2. The number of carboxylic acids is 1. The molecule has 1 aliphatic heterocycles. The molecule has 0 aromatic carbocycles. The number of aliphatic carboxylic acids is 1. The highest BCUT2D eigenvalue weighted by atomic mass is 16.4. The van der Waals surface area contributed by atoms with Crippen LogP contribution in [0.5, 0.6) is 0 Å². The standard InChI is InChI=1S/C15H27N3O4/c1-4-16-13(10(2)3)14(21)17-11(9-12(19)20)15(22)18-7-5-6-8-18/h10-11,13,16H,4-9H2,1-3H3,(H,17,21)(H,19,20)/t11-,13?/m0/s1. The van der Waals surface area contributed by atoms with E-state index in [4.69, 9.17) is 5.11 Å². The molecule has 0 spiro atoms. The molecular formula is C15H27N3O4. The summed E-state index contributed by atoms with van der Waals surface area (Å²) in [7, 11) is 0. The van der Waals surface area contributed by atoms with Gasteiger partial charge in [-0.05, 0) is 25.3 Å². The number of nitrogens with zero attached hydrogens (tertiary/aromatic N) is 1. The maximum absolute atomic E-state index is 12.4. The van der Waals surface area contributed by atoms with Gasteiger partial charge in [0.05, 0.1) is 12.5 Å². The zero-order valence-corrected chi connectivity index (χ0v) is 13.6. The lowest BCUT2D eigenvalue weighted by atomic mass is 10.0. The Morgan fingerprint density at radius 2 is 1.77 bits per heavy atom. The number of hydrogen-bond donors (Lipinski definition) is 3. The molecule has 1 unspecified atom stereocenters. The molecule has 0 radical (unpaired) electrons. The first-order valence-corrected chi connectivity index (χ1v) is 7.91. The zero-order chi connectivity index (χ0) is 16.7. The summed E-state index contributed by atoms with van der Waals surface area (Å²) in [5.74, 6) is -1.67. The summed E-state index contributed by atoms with van der Waals surface area (Å²) in [6.07, 6.45) is 1.45. The normalized spacial score (nSPS) is 17.4. The fourth-order valence-corrected chi connectivity index (χ4v) is 2.65. The van der Waals surface area contributed by atoms with Gasteiger partial charge >= 0.3 is 5.97 Å². The van der Waals surface area contributed by atoms with Crippen molar-refractivity contribution in [3.63, 3.8) is 0 Å². The lowest BCUT2D eigenvalue weighted by molar-refractivity contribution is -0.143. The summed E-state index contributed by atoms with van der Waals surface area (Å²) in [6, 6.07) is -1.43. The SMILES string of the molecule is CCNC(C(=O)N[C@@H](CC(=O)O)C(=O)N1CCCC1)C(C)C. The Labute approximate surface area is 131 Å². The number of carboxylic acid groups (broad SMARTS) is 1. The smallest absolute Gasteiger partial charge is 0.305 e. The van der Waals surface area contributed by atoms with Gasteiger partial charge in [0, 0.05) is 13.1 Å². The molecule has 1 rings (SSSR count). The van der Waals surface area contributed by atoms with Gasteiger partial charge in [0.15, 0.2) is 0 Å². The Bertz CT molecular complexity index is 406. The summed E-state index contributed by atoms with van der Waals surface area (Å²) in [4.78, 5) is 37.4. The molecule has 126 valence electrons. The van der Waals surface area contributed by atoms with Crippen molar-refractivity contribution < 1.29 is 19.5 Å². The molecule has 3 N–H and O–H groups in total. The largest absolute Gasteiger partial charge is 0.481 e. The molecule has 0 aliphatic carbocycles. The maximum atomic E-state index is 12.4. The highest BCUT2D eigenvalue weighted by molar-refractivity contribution is 5.92. The molecule has 1 saturated heterocycles. The van der Waals surface area contributed by atoms with Crippen LogP contribution in [0, 0.1) is 5.92 Å². The molecular weight excluding hydrogens is 286 g/mol. The van der Waals surface area contributed by atoms with Crippen LogP contribution in [0.15, 0.2) is 0 Å². The van der Waals surface area contributed by atoms with Gasteiger partial charge in [-0.2, -0.15) is 0 Å². The van der Waals surface area contributed by atoms with Crippen LogP contribution in [-0.4, -0.2) is 59.5 Å². The third-order valence-electron chi connectivity index (χ3n) is 3.78. The second-order valence-corrected chi connectivity index (χ2v) is 5.97. The number of likely N-dealkylation sites (tertiary alicyclic amines) is 1. The predicted molar refractivity (Wildman–Crippen MR) is 82.3 cm³/mol. The van der Waals surface area contributed by atoms with Gasteiger partial charge in [-0.25, -0.2) is 0 Å². The van der Waals surface area contributed by atoms with Gasteiger partial charge in [0.1, 0.15) is 6.04 Å². The molecule has 0 aromatic heterocycles. The van der Waals surface area contributed by atoms with Crippen LogP contribution in [0.1, 0.15) is 40.0 Å². The molecule has 22 heavy (non-hydrogen) atoms. The third-order valence-corrected chi connectivity index (χ3v) is 3.78. The number of carbonyl (C=O) groups is 3. The van der Waals surface area contributed by atoms with E-state index in [9.17, 15) is 14.4 Å².